The summed E-state index contributed by atoms with van der Waals surface area (Å²) in [7, 11) is -4.11. The van der Waals surface area contributed by atoms with Crippen LogP contribution in [0.25, 0.3) is 0 Å². The maximum absolute atomic E-state index is 16.7. The van der Waals surface area contributed by atoms with E-state index < -0.39 is 39.0 Å². The van der Waals surface area contributed by atoms with E-state index in [1.54, 1.807) is 25.1 Å². The minimum absolute atomic E-state index is 0.110. The Labute approximate surface area is 309 Å². The summed E-state index contributed by atoms with van der Waals surface area (Å²) in [5, 5.41) is -0.293. The smallest absolute Gasteiger partial charge is 0.264 e. The molecular formula is C38H46ClFN4O5S2. The molecule has 1 N–H and O–H groups in total. The third kappa shape index (κ3) is 6.35. The molecule has 2 aromatic carbocycles. The Morgan fingerprint density at radius 3 is 2.67 bits per heavy atom. The second-order valence-corrected chi connectivity index (χ2v) is 19.4. The summed E-state index contributed by atoms with van der Waals surface area (Å²) in [5.74, 6) is 0.690. The van der Waals surface area contributed by atoms with E-state index in [9.17, 15) is 18.0 Å². The predicted octanol–water partition coefficient (Wildman–Crippen LogP) is 5.56. The fraction of sp³-hybridized carbons (Fsp3) is 0.579. The lowest BCUT2D eigenvalue weighted by atomic mass is 9.70. The number of hydrogen-bond donors (Lipinski definition) is 1. The van der Waals surface area contributed by atoms with Gasteiger partial charge in [0.2, 0.25) is 15.9 Å². The van der Waals surface area contributed by atoms with Crippen molar-refractivity contribution in [3.63, 3.8) is 0 Å². The van der Waals surface area contributed by atoms with Crippen LogP contribution in [-0.2, 0) is 26.7 Å². The van der Waals surface area contributed by atoms with Crippen LogP contribution in [0.3, 0.4) is 0 Å². The molecule has 3 saturated heterocycles. The van der Waals surface area contributed by atoms with E-state index in [4.69, 9.17) is 16.3 Å². The number of carbonyl (C=O) groups is 2. The van der Waals surface area contributed by atoms with Gasteiger partial charge in [0.1, 0.15) is 17.6 Å². The number of aryl methyl sites for hydroxylation is 1. The van der Waals surface area contributed by atoms with Crippen molar-refractivity contribution in [2.75, 3.05) is 55.7 Å². The van der Waals surface area contributed by atoms with Gasteiger partial charge < -0.3 is 14.5 Å². The van der Waals surface area contributed by atoms with Gasteiger partial charge in [-0.3, -0.25) is 14.5 Å². The van der Waals surface area contributed by atoms with E-state index in [2.05, 4.69) is 20.6 Å². The summed E-state index contributed by atoms with van der Waals surface area (Å²) < 4.78 is 52.6. The van der Waals surface area contributed by atoms with E-state index in [-0.39, 0.29) is 34.8 Å². The molecule has 5 heterocycles. The molecule has 51 heavy (non-hydrogen) atoms. The zero-order chi connectivity index (χ0) is 35.7. The molecule has 5 atom stereocenters. The Morgan fingerprint density at radius 1 is 1.10 bits per heavy atom. The van der Waals surface area contributed by atoms with Crippen LogP contribution in [-0.4, -0.2) is 98.2 Å². The topological polar surface area (TPSA) is 99.3 Å². The fourth-order valence-electron chi connectivity index (χ4n) is 9.18. The van der Waals surface area contributed by atoms with Crippen LogP contribution in [0, 0.1) is 11.3 Å². The molecule has 2 aromatic rings. The summed E-state index contributed by atoms with van der Waals surface area (Å²) >= 11 is 8.34. The Balaban J connectivity index is 1.21. The molecule has 6 aliphatic rings. The zero-order valence-electron chi connectivity index (χ0n) is 29.2. The number of fused-ring (bicyclic) bond motifs is 4. The Hall–Kier alpha value is -2.80. The fourth-order valence-corrected chi connectivity index (χ4v) is 11.8. The Morgan fingerprint density at radius 2 is 1.90 bits per heavy atom. The normalized spacial score (nSPS) is 32.7. The first-order chi connectivity index (χ1) is 24.4. The summed E-state index contributed by atoms with van der Waals surface area (Å²) in [6.45, 7) is 6.61. The highest BCUT2D eigenvalue weighted by molar-refractivity contribution is 8.00. The first kappa shape index (κ1) is 35.2. The molecule has 274 valence electrons. The Kier molecular flexibility index (Phi) is 9.16. The number of amides is 2. The third-order valence-corrected chi connectivity index (χ3v) is 16.2. The van der Waals surface area contributed by atoms with Crippen LogP contribution in [0.15, 0.2) is 48.3 Å². The average molecular weight is 757 g/mol. The molecule has 2 spiro atoms. The lowest BCUT2D eigenvalue weighted by molar-refractivity contribution is -0.147. The van der Waals surface area contributed by atoms with Crippen LogP contribution >= 0.6 is 23.4 Å². The van der Waals surface area contributed by atoms with Crippen LogP contribution in [0.5, 0.6) is 5.75 Å². The highest BCUT2D eigenvalue weighted by Gasteiger charge is 2.53. The molecule has 3 fully saturated rings. The Bertz CT molecular complexity index is 1880. The SMILES string of the molecule is C[C@@H]1[C@@H](C)C/C=C(\F)[C@H](C(=O)N2CC3(CSC3)C2)N2CCC[C@H]2CN2C[C@@]3(CCCc4cc(Cl)ccc43)COc3ccc(cc32)C(=O)NS1(=O)=O. The number of carbonyl (C=O) groups excluding carboxylic acids is 2. The van der Waals surface area contributed by atoms with Crippen LogP contribution in [0.2, 0.25) is 5.02 Å². The zero-order valence-corrected chi connectivity index (χ0v) is 31.6. The summed E-state index contributed by atoms with van der Waals surface area (Å²) in [6, 6.07) is 9.95. The van der Waals surface area contributed by atoms with E-state index in [0.717, 1.165) is 43.6 Å². The monoisotopic (exact) mass is 756 g/mol. The molecule has 2 amide bonds. The van der Waals surface area contributed by atoms with E-state index >= 15 is 4.39 Å². The number of likely N-dealkylation sites (tertiary alicyclic amines) is 1. The molecule has 0 saturated carbocycles. The molecule has 0 unspecified atom stereocenters. The summed E-state index contributed by atoms with van der Waals surface area (Å²) in [5.41, 5.74) is 3.07. The van der Waals surface area contributed by atoms with Crippen molar-refractivity contribution in [3.05, 3.63) is 70.0 Å². The van der Waals surface area contributed by atoms with E-state index in [1.165, 1.54) is 24.1 Å². The third-order valence-electron chi connectivity index (χ3n) is 12.4. The first-order valence-electron chi connectivity index (χ1n) is 18.2. The minimum Gasteiger partial charge on any atom is -0.490 e. The minimum atomic E-state index is -4.11. The van der Waals surface area contributed by atoms with Gasteiger partial charge in [-0.15, -0.1) is 0 Å². The number of ether oxygens (including phenoxy) is 1. The van der Waals surface area contributed by atoms with Crippen LogP contribution < -0.4 is 14.4 Å². The maximum Gasteiger partial charge on any atom is 0.264 e. The quantitative estimate of drug-likeness (QED) is 0.404. The number of hydrogen-bond acceptors (Lipinski definition) is 8. The highest BCUT2D eigenvalue weighted by Crippen LogP contribution is 2.47. The van der Waals surface area contributed by atoms with E-state index in [0.29, 0.717) is 55.8 Å². The number of rotatable bonds is 1. The van der Waals surface area contributed by atoms with Crippen molar-refractivity contribution < 1.29 is 27.1 Å². The van der Waals surface area contributed by atoms with Gasteiger partial charge in [0.15, 0.2) is 0 Å². The number of thioether (sulfide) groups is 1. The molecule has 9 nitrogen and oxygen atoms in total. The van der Waals surface area contributed by atoms with Gasteiger partial charge in [0, 0.05) is 65.1 Å². The largest absolute Gasteiger partial charge is 0.490 e. The van der Waals surface area contributed by atoms with Crippen molar-refractivity contribution in [1.82, 2.24) is 14.5 Å². The highest BCUT2D eigenvalue weighted by atomic mass is 35.5. The second-order valence-electron chi connectivity index (χ2n) is 15.9. The molecule has 2 bridgehead atoms. The van der Waals surface area contributed by atoms with Gasteiger partial charge in [-0.1, -0.05) is 30.7 Å². The molecule has 13 heteroatoms. The van der Waals surface area contributed by atoms with Gasteiger partial charge in [-0.25, -0.2) is 17.5 Å². The van der Waals surface area contributed by atoms with Gasteiger partial charge in [0.25, 0.3) is 5.91 Å². The molecule has 5 aliphatic heterocycles. The lowest BCUT2D eigenvalue weighted by Gasteiger charge is -2.56. The standard InChI is InChI=1S/C38H46ClFN4O5S2/c1-24-7-11-31(40)34(36(46)43-18-37(19-43)22-50-23-37)44-14-4-6-29(44)17-42-20-38(13-3-5-26-15-28(39)9-10-30(26)38)21-49-33-12-8-27(16-32(33)42)35(45)41-51(47,48)25(24)2/h8-12,15-16,24-25,29,34H,3-7,13-14,17-23H2,1-2H3,(H,41,45)/b31-11-/t24-,25+,29-,34+,38-/m0/s1. The van der Waals surface area contributed by atoms with Crippen molar-refractivity contribution in [3.8, 4) is 5.75 Å². The molecule has 8 rings (SSSR count). The number of halogens is 2. The average Bonchev–Trinajstić information content (AvgIpc) is 3.44. The summed E-state index contributed by atoms with van der Waals surface area (Å²) in [4.78, 5) is 34.0. The van der Waals surface area contributed by atoms with Gasteiger partial charge in [0.05, 0.1) is 17.5 Å². The number of allylic oxidation sites excluding steroid dienone is 1. The maximum atomic E-state index is 16.7. The number of sulfonamides is 1. The predicted molar refractivity (Wildman–Crippen MR) is 199 cm³/mol. The summed E-state index contributed by atoms with van der Waals surface area (Å²) in [6.07, 6.45) is 5.89. The molecular weight excluding hydrogens is 711 g/mol. The lowest BCUT2D eigenvalue weighted by Crippen LogP contribution is -2.67. The number of benzene rings is 2. The molecule has 0 aromatic heterocycles. The van der Waals surface area contributed by atoms with Crippen molar-refractivity contribution >= 4 is 50.9 Å². The van der Waals surface area contributed by atoms with Crippen molar-refractivity contribution in [1.29, 1.82) is 0 Å². The van der Waals surface area contributed by atoms with Crippen molar-refractivity contribution in [2.45, 2.75) is 75.1 Å². The number of anilines is 1. The molecule has 1 aliphatic carbocycles. The van der Waals surface area contributed by atoms with Gasteiger partial charge in [-0.05, 0) is 99.4 Å². The number of nitrogens with zero attached hydrogens (tertiary/aromatic N) is 3. The van der Waals surface area contributed by atoms with E-state index in [1.807, 2.05) is 28.8 Å². The van der Waals surface area contributed by atoms with Crippen LogP contribution in [0.1, 0.15) is 67.4 Å². The first-order valence-corrected chi connectivity index (χ1v) is 21.3. The van der Waals surface area contributed by atoms with Gasteiger partial charge >= 0.3 is 0 Å². The van der Waals surface area contributed by atoms with Gasteiger partial charge in [-0.2, -0.15) is 11.8 Å². The number of nitrogens with one attached hydrogen (secondary N) is 1. The molecule has 0 radical (unpaired) electrons. The van der Waals surface area contributed by atoms with Crippen molar-refractivity contribution in [2.24, 2.45) is 11.3 Å². The van der Waals surface area contributed by atoms with Crippen LogP contribution in [0.4, 0.5) is 10.1 Å². The second kappa shape index (κ2) is 13.2.